The number of hydrogen-bond acceptors (Lipinski definition) is 8. The number of nitrogens with zero attached hydrogens (tertiary/aromatic N) is 4. The van der Waals surface area contributed by atoms with Crippen molar-refractivity contribution in [1.29, 1.82) is 0 Å². The third kappa shape index (κ3) is 7.26. The quantitative estimate of drug-likeness (QED) is 0.274. The van der Waals surface area contributed by atoms with E-state index in [0.717, 1.165) is 44.2 Å². The Morgan fingerprint density at radius 2 is 1.47 bits per heavy atom. The number of aromatic nitrogens is 4. The van der Waals surface area contributed by atoms with Gasteiger partial charge in [-0.25, -0.2) is 19.9 Å². The third-order valence-electron chi connectivity index (χ3n) is 5.05. The summed E-state index contributed by atoms with van der Waals surface area (Å²) in [4.78, 5) is 42.3. The number of hydrogen-bond donors (Lipinski definition) is 2. The van der Waals surface area contributed by atoms with E-state index in [2.05, 4.69) is 30.8 Å². The van der Waals surface area contributed by atoms with Crippen LogP contribution in [-0.4, -0.2) is 38.0 Å². The molecule has 0 fully saturated rings. The van der Waals surface area contributed by atoms with Crippen molar-refractivity contribution < 1.29 is 9.59 Å². The van der Waals surface area contributed by atoms with Crippen molar-refractivity contribution in [3.63, 3.8) is 0 Å². The zero-order valence-corrected chi connectivity index (χ0v) is 21.6. The fraction of sp³-hybridized carbons (Fsp3) is 0.333. The molecule has 3 aromatic rings. The SMILES string of the molecule is CSc1nc(C)c(CCC(=O)NNC(=O)c2ccc(CSc3nc(C)cc(C)n3)cc2)c(C)n1. The Labute approximate surface area is 208 Å². The Balaban J connectivity index is 1.47. The normalized spacial score (nSPS) is 10.7. The fourth-order valence-electron chi connectivity index (χ4n) is 3.32. The van der Waals surface area contributed by atoms with Crippen LogP contribution in [0, 0.1) is 27.7 Å². The summed E-state index contributed by atoms with van der Waals surface area (Å²) in [7, 11) is 0. The van der Waals surface area contributed by atoms with Crippen molar-refractivity contribution >= 4 is 35.3 Å². The number of nitrogens with one attached hydrogen (secondary N) is 2. The number of carbonyl (C=O) groups is 2. The third-order valence-corrected chi connectivity index (χ3v) is 6.51. The summed E-state index contributed by atoms with van der Waals surface area (Å²) in [5.41, 5.74) is 11.0. The van der Waals surface area contributed by atoms with Gasteiger partial charge in [-0.15, -0.1) is 0 Å². The van der Waals surface area contributed by atoms with Crippen molar-refractivity contribution in [2.75, 3.05) is 6.26 Å². The molecule has 178 valence electrons. The van der Waals surface area contributed by atoms with Gasteiger partial charge in [0, 0.05) is 40.5 Å². The summed E-state index contributed by atoms with van der Waals surface area (Å²) in [6.07, 6.45) is 2.66. The molecule has 0 radical (unpaired) electrons. The molecule has 0 bridgehead atoms. The summed E-state index contributed by atoms with van der Waals surface area (Å²) < 4.78 is 0. The molecule has 1 aromatic carbocycles. The number of aryl methyl sites for hydroxylation is 4. The molecule has 2 heterocycles. The van der Waals surface area contributed by atoms with E-state index in [-0.39, 0.29) is 18.2 Å². The average Bonchev–Trinajstić information content (AvgIpc) is 2.80. The molecule has 0 atom stereocenters. The number of carbonyl (C=O) groups excluding carboxylic acids is 2. The first-order chi connectivity index (χ1) is 16.2. The Kier molecular flexibility index (Phi) is 9.00. The van der Waals surface area contributed by atoms with E-state index in [1.807, 2.05) is 52.1 Å². The van der Waals surface area contributed by atoms with Gasteiger partial charge in [0.15, 0.2) is 10.3 Å². The minimum atomic E-state index is -0.370. The fourth-order valence-corrected chi connectivity index (χ4v) is 4.68. The molecule has 0 aliphatic heterocycles. The van der Waals surface area contributed by atoms with Crippen LogP contribution in [-0.2, 0) is 17.0 Å². The average molecular weight is 497 g/mol. The summed E-state index contributed by atoms with van der Waals surface area (Å²) >= 11 is 3.03. The van der Waals surface area contributed by atoms with Crippen LogP contribution in [0.2, 0.25) is 0 Å². The van der Waals surface area contributed by atoms with Crippen molar-refractivity contribution in [3.05, 3.63) is 69.8 Å². The van der Waals surface area contributed by atoms with Crippen LogP contribution < -0.4 is 10.9 Å². The number of benzene rings is 1. The van der Waals surface area contributed by atoms with Gasteiger partial charge in [-0.05, 0) is 69.7 Å². The summed E-state index contributed by atoms with van der Waals surface area (Å²) in [6, 6.07) is 9.18. The molecule has 0 saturated heterocycles. The van der Waals surface area contributed by atoms with Crippen LogP contribution in [0.3, 0.4) is 0 Å². The van der Waals surface area contributed by atoms with Crippen molar-refractivity contribution in [2.24, 2.45) is 0 Å². The molecule has 8 nitrogen and oxygen atoms in total. The maximum Gasteiger partial charge on any atom is 0.269 e. The van der Waals surface area contributed by atoms with Gasteiger partial charge in [-0.2, -0.15) is 0 Å². The smallest absolute Gasteiger partial charge is 0.269 e. The van der Waals surface area contributed by atoms with Gasteiger partial charge < -0.3 is 0 Å². The van der Waals surface area contributed by atoms with Gasteiger partial charge in [0.1, 0.15) is 0 Å². The van der Waals surface area contributed by atoms with E-state index < -0.39 is 0 Å². The zero-order chi connectivity index (χ0) is 24.7. The summed E-state index contributed by atoms with van der Waals surface area (Å²) in [5, 5.41) is 1.46. The number of thioether (sulfide) groups is 2. The van der Waals surface area contributed by atoms with Crippen LogP contribution >= 0.6 is 23.5 Å². The Morgan fingerprint density at radius 1 is 0.853 bits per heavy atom. The van der Waals surface area contributed by atoms with Crippen LogP contribution in [0.15, 0.2) is 40.6 Å². The van der Waals surface area contributed by atoms with Crippen molar-refractivity contribution in [3.8, 4) is 0 Å². The number of rotatable bonds is 8. The first-order valence-electron chi connectivity index (χ1n) is 10.8. The molecule has 2 aromatic heterocycles. The highest BCUT2D eigenvalue weighted by Crippen LogP contribution is 2.20. The maximum atomic E-state index is 12.4. The van der Waals surface area contributed by atoms with E-state index in [1.165, 1.54) is 11.8 Å². The highest BCUT2D eigenvalue weighted by Gasteiger charge is 2.12. The lowest BCUT2D eigenvalue weighted by atomic mass is 10.1. The van der Waals surface area contributed by atoms with E-state index in [1.54, 1.807) is 23.9 Å². The van der Waals surface area contributed by atoms with Crippen LogP contribution in [0.1, 0.15) is 50.7 Å². The minimum Gasteiger partial charge on any atom is -0.273 e. The lowest BCUT2D eigenvalue weighted by molar-refractivity contribution is -0.121. The molecule has 0 aliphatic rings. The molecule has 0 saturated carbocycles. The molecule has 0 unspecified atom stereocenters. The first kappa shape index (κ1) is 25.6. The van der Waals surface area contributed by atoms with Gasteiger partial charge in [0.05, 0.1) is 0 Å². The monoisotopic (exact) mass is 496 g/mol. The predicted octanol–water partition coefficient (Wildman–Crippen LogP) is 3.91. The highest BCUT2D eigenvalue weighted by atomic mass is 32.2. The maximum absolute atomic E-state index is 12.4. The van der Waals surface area contributed by atoms with Gasteiger partial charge in [0.2, 0.25) is 5.91 Å². The Hall–Kier alpha value is -2.98. The first-order valence-corrected chi connectivity index (χ1v) is 13.0. The van der Waals surface area contributed by atoms with Crippen LogP contribution in [0.5, 0.6) is 0 Å². The lowest BCUT2D eigenvalue weighted by Gasteiger charge is -2.11. The molecule has 34 heavy (non-hydrogen) atoms. The number of hydrazine groups is 1. The molecule has 10 heteroatoms. The van der Waals surface area contributed by atoms with Crippen LogP contribution in [0.25, 0.3) is 0 Å². The summed E-state index contributed by atoms with van der Waals surface area (Å²) in [5.74, 6) is 0.0508. The Bertz CT molecular complexity index is 1140. The molecular weight excluding hydrogens is 468 g/mol. The molecule has 0 spiro atoms. The summed E-state index contributed by atoms with van der Waals surface area (Å²) in [6.45, 7) is 7.73. The highest BCUT2D eigenvalue weighted by molar-refractivity contribution is 7.98. The van der Waals surface area contributed by atoms with Gasteiger partial charge in [-0.1, -0.05) is 35.7 Å². The van der Waals surface area contributed by atoms with Gasteiger partial charge >= 0.3 is 0 Å². The molecular formula is C24H28N6O2S2. The molecule has 3 rings (SSSR count). The zero-order valence-electron chi connectivity index (χ0n) is 19.9. The molecule has 0 aliphatic carbocycles. The van der Waals surface area contributed by atoms with Gasteiger partial charge in [0.25, 0.3) is 5.91 Å². The van der Waals surface area contributed by atoms with E-state index >= 15 is 0 Å². The minimum absolute atomic E-state index is 0.223. The number of amides is 2. The van der Waals surface area contributed by atoms with Crippen molar-refractivity contribution in [1.82, 2.24) is 30.8 Å². The van der Waals surface area contributed by atoms with Crippen LogP contribution in [0.4, 0.5) is 0 Å². The van der Waals surface area contributed by atoms with Gasteiger partial charge in [-0.3, -0.25) is 20.4 Å². The largest absolute Gasteiger partial charge is 0.273 e. The van der Waals surface area contributed by atoms with E-state index in [9.17, 15) is 9.59 Å². The second kappa shape index (κ2) is 11.9. The van der Waals surface area contributed by atoms with E-state index in [0.29, 0.717) is 17.7 Å². The second-order valence-corrected chi connectivity index (χ2v) is 9.50. The van der Waals surface area contributed by atoms with E-state index in [4.69, 9.17) is 0 Å². The van der Waals surface area contributed by atoms with Crippen molar-refractivity contribution in [2.45, 2.75) is 56.6 Å². The molecule has 2 N–H and O–H groups in total. The predicted molar refractivity (Wildman–Crippen MR) is 135 cm³/mol. The lowest BCUT2D eigenvalue weighted by Crippen LogP contribution is -2.41. The second-order valence-electron chi connectivity index (χ2n) is 7.78. The molecule has 2 amide bonds. The Morgan fingerprint density at radius 3 is 2.06 bits per heavy atom. The topological polar surface area (TPSA) is 110 Å². The standard InChI is InChI=1S/C24H28N6O2S2/c1-14-12-15(2)26-24(25-14)34-13-18-6-8-19(9-7-18)22(32)30-29-21(31)11-10-20-16(3)27-23(33-5)28-17(20)4/h6-9,12H,10-11,13H2,1-5H3,(H,29,31)(H,30,32).